The first-order valence-electron chi connectivity index (χ1n) is 8.65. The van der Waals surface area contributed by atoms with E-state index in [1.807, 2.05) is 0 Å². The molecule has 0 unspecified atom stereocenters. The highest BCUT2D eigenvalue weighted by Crippen LogP contribution is 2.30. The molecule has 6 nitrogen and oxygen atoms in total. The van der Waals surface area contributed by atoms with E-state index in [0.29, 0.717) is 12.3 Å². The Morgan fingerprint density at radius 3 is 2.28 bits per heavy atom. The molecule has 0 aliphatic heterocycles. The van der Waals surface area contributed by atoms with Gasteiger partial charge in [0, 0.05) is 18.0 Å². The summed E-state index contributed by atoms with van der Waals surface area (Å²) in [6.45, 7) is -0.841. The van der Waals surface area contributed by atoms with Crippen molar-refractivity contribution in [2.75, 3.05) is 17.2 Å². The van der Waals surface area contributed by atoms with E-state index in [1.165, 1.54) is 30.3 Å². The summed E-state index contributed by atoms with van der Waals surface area (Å²) in [5.74, 6) is -4.07. The predicted octanol–water partition coefficient (Wildman–Crippen LogP) is 4.56. The maximum absolute atomic E-state index is 12.7. The number of para-hydroxylation sites is 1. The van der Waals surface area contributed by atoms with Crippen LogP contribution in [-0.4, -0.2) is 30.4 Å². The average Bonchev–Trinajstić information content (AvgIpc) is 2.71. The molecule has 0 bridgehead atoms. The molecule has 0 aliphatic rings. The van der Waals surface area contributed by atoms with Crippen LogP contribution in [0, 0.1) is 0 Å². The number of halogens is 6. The van der Waals surface area contributed by atoms with Crippen LogP contribution in [0.4, 0.5) is 37.7 Å². The highest BCUT2D eigenvalue weighted by Gasteiger charge is 2.36. The molecule has 0 saturated carbocycles. The van der Waals surface area contributed by atoms with Gasteiger partial charge in [-0.3, -0.25) is 9.59 Å². The summed E-state index contributed by atoms with van der Waals surface area (Å²) in [6, 6.07) is 9.22. The summed E-state index contributed by atoms with van der Waals surface area (Å²) >= 11 is 0. The van der Waals surface area contributed by atoms with Crippen molar-refractivity contribution < 1.29 is 45.5 Å². The Bertz CT molecular complexity index is 1030. The fourth-order valence-corrected chi connectivity index (χ4v) is 2.27. The Kier molecular flexibility index (Phi) is 7.63. The maximum atomic E-state index is 12.7. The van der Waals surface area contributed by atoms with Gasteiger partial charge in [0.25, 0.3) is 11.7 Å². The lowest BCUT2D eigenvalue weighted by atomic mass is 10.2. The smallest absolute Gasteiger partial charge is 0.452 e. The van der Waals surface area contributed by atoms with Gasteiger partial charge in [-0.25, -0.2) is 4.79 Å². The van der Waals surface area contributed by atoms with Crippen molar-refractivity contribution in [3.8, 4) is 0 Å². The fraction of sp³-hybridized carbons (Fsp3) is 0.150. The molecule has 2 aromatic carbocycles. The zero-order chi connectivity index (χ0) is 23.9. The van der Waals surface area contributed by atoms with Crippen LogP contribution in [0.15, 0.2) is 60.8 Å². The number of ketones is 1. The van der Waals surface area contributed by atoms with E-state index in [4.69, 9.17) is 4.74 Å². The van der Waals surface area contributed by atoms with E-state index in [-0.39, 0.29) is 23.0 Å². The Morgan fingerprint density at radius 1 is 0.938 bits per heavy atom. The number of esters is 1. The summed E-state index contributed by atoms with van der Waals surface area (Å²) in [4.78, 5) is 34.9. The molecule has 0 aliphatic carbocycles. The molecule has 1 amide bonds. The molecule has 2 N–H and O–H groups in total. The monoisotopic (exact) mass is 460 g/mol. The second-order valence-electron chi connectivity index (χ2n) is 6.09. The highest BCUT2D eigenvalue weighted by molar-refractivity contribution is 5.99. The van der Waals surface area contributed by atoms with Crippen LogP contribution < -0.4 is 10.6 Å². The van der Waals surface area contributed by atoms with Crippen molar-refractivity contribution >= 4 is 29.0 Å². The first-order chi connectivity index (χ1) is 14.9. The number of rotatable bonds is 7. The number of carbonyl (C=O) groups is 3. The minimum absolute atomic E-state index is 0.0120. The lowest BCUT2D eigenvalue weighted by Gasteiger charge is -2.11. The number of carbonyl (C=O) groups excluding carboxylic acids is 3. The molecule has 2 rings (SSSR count). The number of ether oxygens (including phenoxy) is 1. The normalized spacial score (nSPS) is 11.8. The quantitative estimate of drug-likeness (QED) is 0.360. The summed E-state index contributed by atoms with van der Waals surface area (Å²) in [7, 11) is 0. The SMILES string of the molecule is O=C(COC(=O)c1ccccc1NC=CC(=O)C(F)(F)F)Nc1cccc(C(F)(F)F)c1. The van der Waals surface area contributed by atoms with Crippen molar-refractivity contribution in [1.29, 1.82) is 0 Å². The Morgan fingerprint density at radius 2 is 1.62 bits per heavy atom. The van der Waals surface area contributed by atoms with Gasteiger partial charge in [0.2, 0.25) is 0 Å². The second-order valence-corrected chi connectivity index (χ2v) is 6.09. The molecule has 0 saturated heterocycles. The summed E-state index contributed by atoms with van der Waals surface area (Å²) in [5.41, 5.74) is -1.32. The number of hydrogen-bond donors (Lipinski definition) is 2. The number of nitrogens with one attached hydrogen (secondary N) is 2. The van der Waals surface area contributed by atoms with E-state index >= 15 is 0 Å². The molecule has 0 aromatic heterocycles. The van der Waals surface area contributed by atoms with Crippen LogP contribution >= 0.6 is 0 Å². The standard InChI is InChI=1S/C20H14F6N2O4/c21-19(22,23)12-4-3-5-13(10-12)28-17(30)11-32-18(31)14-6-1-2-7-15(14)27-9-8-16(29)20(24,25)26/h1-10,27H,11H2,(H,28,30). The number of allylic oxidation sites excluding steroid dienone is 1. The Balaban J connectivity index is 1.98. The molecule has 0 spiro atoms. The lowest BCUT2D eigenvalue weighted by Crippen LogP contribution is -2.21. The summed E-state index contributed by atoms with van der Waals surface area (Å²) in [5, 5.41) is 4.49. The molecule has 12 heteroatoms. The first kappa shape index (κ1) is 24.4. The van der Waals surface area contributed by atoms with Gasteiger partial charge in [0.1, 0.15) is 0 Å². The van der Waals surface area contributed by atoms with Crippen LogP contribution in [0.25, 0.3) is 0 Å². The van der Waals surface area contributed by atoms with Gasteiger partial charge in [0.15, 0.2) is 6.61 Å². The molecule has 2 aromatic rings. The van der Waals surface area contributed by atoms with Gasteiger partial charge in [0.05, 0.1) is 16.8 Å². The van der Waals surface area contributed by atoms with Gasteiger partial charge in [-0.2, -0.15) is 26.3 Å². The number of amides is 1. The van der Waals surface area contributed by atoms with Gasteiger partial charge < -0.3 is 15.4 Å². The number of benzene rings is 2. The molecule has 32 heavy (non-hydrogen) atoms. The molecule has 0 fully saturated rings. The van der Waals surface area contributed by atoms with Crippen LogP contribution in [0.2, 0.25) is 0 Å². The second kappa shape index (κ2) is 9.98. The lowest BCUT2D eigenvalue weighted by molar-refractivity contribution is -0.165. The zero-order valence-electron chi connectivity index (χ0n) is 15.9. The van der Waals surface area contributed by atoms with Crippen LogP contribution in [0.3, 0.4) is 0 Å². The van der Waals surface area contributed by atoms with E-state index < -0.39 is 42.2 Å². The van der Waals surface area contributed by atoms with Crippen LogP contribution in [-0.2, 0) is 20.5 Å². The minimum atomic E-state index is -5.05. The zero-order valence-corrected chi connectivity index (χ0v) is 15.9. The van der Waals surface area contributed by atoms with E-state index in [9.17, 15) is 40.7 Å². The number of hydrogen-bond acceptors (Lipinski definition) is 5. The summed E-state index contributed by atoms with van der Waals surface area (Å²) in [6.07, 6.45) is -8.75. The molecular weight excluding hydrogens is 446 g/mol. The summed E-state index contributed by atoms with van der Waals surface area (Å²) < 4.78 is 79.5. The third-order valence-corrected chi connectivity index (χ3v) is 3.71. The van der Waals surface area contributed by atoms with E-state index in [0.717, 1.165) is 12.1 Å². The van der Waals surface area contributed by atoms with Crippen molar-refractivity contribution in [1.82, 2.24) is 0 Å². The predicted molar refractivity (Wildman–Crippen MR) is 101 cm³/mol. The van der Waals surface area contributed by atoms with E-state index in [1.54, 1.807) is 0 Å². The topological polar surface area (TPSA) is 84.5 Å². The molecule has 170 valence electrons. The van der Waals surface area contributed by atoms with E-state index in [2.05, 4.69) is 10.6 Å². The first-order valence-corrected chi connectivity index (χ1v) is 8.65. The number of alkyl halides is 6. The third kappa shape index (κ3) is 7.15. The number of anilines is 2. The van der Waals surface area contributed by atoms with Gasteiger partial charge in [-0.1, -0.05) is 18.2 Å². The van der Waals surface area contributed by atoms with Crippen molar-refractivity contribution in [3.63, 3.8) is 0 Å². The third-order valence-electron chi connectivity index (χ3n) is 3.71. The van der Waals surface area contributed by atoms with Crippen molar-refractivity contribution in [2.24, 2.45) is 0 Å². The van der Waals surface area contributed by atoms with Crippen LogP contribution in [0.5, 0.6) is 0 Å². The van der Waals surface area contributed by atoms with Crippen LogP contribution in [0.1, 0.15) is 15.9 Å². The molecule has 0 heterocycles. The molecule has 0 radical (unpaired) electrons. The molecule has 0 atom stereocenters. The van der Waals surface area contributed by atoms with Crippen molar-refractivity contribution in [2.45, 2.75) is 12.4 Å². The van der Waals surface area contributed by atoms with Gasteiger partial charge in [-0.15, -0.1) is 0 Å². The highest BCUT2D eigenvalue weighted by atomic mass is 19.4. The van der Waals surface area contributed by atoms with Gasteiger partial charge in [-0.05, 0) is 30.3 Å². The maximum Gasteiger partial charge on any atom is 0.454 e. The fourth-order valence-electron chi connectivity index (χ4n) is 2.27. The Hall–Kier alpha value is -3.83. The molecular formula is C20H14F6N2O4. The Labute approximate surface area is 176 Å². The minimum Gasteiger partial charge on any atom is -0.452 e. The van der Waals surface area contributed by atoms with Gasteiger partial charge >= 0.3 is 18.3 Å². The average molecular weight is 460 g/mol. The van der Waals surface area contributed by atoms with Crippen molar-refractivity contribution in [3.05, 3.63) is 71.9 Å². The largest absolute Gasteiger partial charge is 0.454 e.